The predicted molar refractivity (Wildman–Crippen MR) is 69.1 cm³/mol. The Bertz CT molecular complexity index is 537. The van der Waals surface area contributed by atoms with Crippen LogP contribution in [0.15, 0.2) is 18.2 Å². The number of halogens is 1. The zero-order valence-electron chi connectivity index (χ0n) is 10.8. The van der Waals surface area contributed by atoms with Crippen LogP contribution in [-0.4, -0.2) is 42.2 Å². The van der Waals surface area contributed by atoms with Crippen LogP contribution in [0.4, 0.5) is 20.6 Å². The molecule has 1 saturated heterocycles. The van der Waals surface area contributed by atoms with E-state index >= 15 is 0 Å². The Labute approximate surface area is 114 Å². The molecule has 0 spiro atoms. The first-order chi connectivity index (χ1) is 9.51. The predicted octanol–water partition coefficient (Wildman–Crippen LogP) is 1.99. The van der Waals surface area contributed by atoms with E-state index in [0.29, 0.717) is 19.5 Å². The largest absolute Gasteiger partial charge is 0.453 e. The van der Waals surface area contributed by atoms with Crippen molar-refractivity contribution in [2.75, 3.05) is 25.5 Å². The van der Waals surface area contributed by atoms with E-state index in [1.165, 1.54) is 18.1 Å². The van der Waals surface area contributed by atoms with Crippen molar-refractivity contribution in [3.05, 3.63) is 34.1 Å². The molecule has 0 saturated carbocycles. The van der Waals surface area contributed by atoms with Crippen LogP contribution in [0.3, 0.4) is 0 Å². The molecule has 8 heteroatoms. The molecule has 1 heterocycles. The Kier molecular flexibility index (Phi) is 4.02. The second-order valence-corrected chi connectivity index (χ2v) is 4.46. The van der Waals surface area contributed by atoms with E-state index in [2.05, 4.69) is 10.1 Å². The highest BCUT2D eigenvalue weighted by Crippen LogP contribution is 2.27. The molecule has 20 heavy (non-hydrogen) atoms. The molecular weight excluding hydrogens is 269 g/mol. The summed E-state index contributed by atoms with van der Waals surface area (Å²) in [4.78, 5) is 23.1. The van der Waals surface area contributed by atoms with Gasteiger partial charge >= 0.3 is 6.09 Å². The first kappa shape index (κ1) is 14.0. The molecule has 1 aromatic rings. The summed E-state index contributed by atoms with van der Waals surface area (Å²) in [6.07, 6.45) is 0.215. The lowest BCUT2D eigenvalue weighted by molar-refractivity contribution is -0.384. The number of hydrogen-bond acceptors (Lipinski definition) is 5. The maximum Gasteiger partial charge on any atom is 0.409 e. The highest BCUT2D eigenvalue weighted by atomic mass is 19.1. The molecule has 1 atom stereocenters. The van der Waals surface area contributed by atoms with Crippen LogP contribution < -0.4 is 5.32 Å². The molecule has 0 aromatic heterocycles. The quantitative estimate of drug-likeness (QED) is 0.677. The monoisotopic (exact) mass is 283 g/mol. The number of benzene rings is 1. The molecule has 1 amide bonds. The number of nitrogens with one attached hydrogen (secondary N) is 1. The van der Waals surface area contributed by atoms with Crippen LogP contribution >= 0.6 is 0 Å². The van der Waals surface area contributed by atoms with Crippen molar-refractivity contribution in [2.45, 2.75) is 12.5 Å². The zero-order valence-corrected chi connectivity index (χ0v) is 10.8. The average molecular weight is 283 g/mol. The van der Waals surface area contributed by atoms with Gasteiger partial charge < -0.3 is 15.0 Å². The molecule has 0 aliphatic carbocycles. The van der Waals surface area contributed by atoms with Crippen molar-refractivity contribution in [3.63, 3.8) is 0 Å². The standard InChI is InChI=1S/C12H14FN3O4/c1-20-12(17)15-5-4-9(7-15)14-10-3-2-8(13)6-11(10)16(18)19/h2-3,6,9,14H,4-5,7H2,1H3/t9-/m0/s1. The minimum Gasteiger partial charge on any atom is -0.453 e. The van der Waals surface area contributed by atoms with Gasteiger partial charge in [-0.2, -0.15) is 0 Å². The summed E-state index contributed by atoms with van der Waals surface area (Å²) < 4.78 is 17.6. The van der Waals surface area contributed by atoms with Crippen molar-refractivity contribution in [2.24, 2.45) is 0 Å². The lowest BCUT2D eigenvalue weighted by Crippen LogP contribution is -2.31. The molecule has 0 bridgehead atoms. The van der Waals surface area contributed by atoms with E-state index < -0.39 is 16.8 Å². The Morgan fingerprint density at radius 1 is 1.60 bits per heavy atom. The van der Waals surface area contributed by atoms with E-state index in [0.717, 1.165) is 12.1 Å². The van der Waals surface area contributed by atoms with Gasteiger partial charge in [0.05, 0.1) is 18.1 Å². The van der Waals surface area contributed by atoms with Gasteiger partial charge in [-0.3, -0.25) is 10.1 Å². The van der Waals surface area contributed by atoms with Gasteiger partial charge in [0.15, 0.2) is 0 Å². The van der Waals surface area contributed by atoms with Gasteiger partial charge in [-0.15, -0.1) is 0 Å². The van der Waals surface area contributed by atoms with Gasteiger partial charge in [0.1, 0.15) is 11.5 Å². The highest BCUT2D eigenvalue weighted by Gasteiger charge is 2.28. The number of hydrogen-bond donors (Lipinski definition) is 1. The fraction of sp³-hybridized carbons (Fsp3) is 0.417. The summed E-state index contributed by atoms with van der Waals surface area (Å²) in [6.45, 7) is 0.903. The van der Waals surface area contributed by atoms with E-state index in [9.17, 15) is 19.3 Å². The van der Waals surface area contributed by atoms with Gasteiger partial charge in [-0.05, 0) is 18.6 Å². The number of nitro benzene ring substituents is 1. The molecule has 108 valence electrons. The minimum absolute atomic E-state index is 0.127. The second kappa shape index (κ2) is 5.72. The van der Waals surface area contributed by atoms with E-state index in [4.69, 9.17) is 0 Å². The van der Waals surface area contributed by atoms with Crippen molar-refractivity contribution in [1.29, 1.82) is 0 Å². The summed E-state index contributed by atoms with van der Waals surface area (Å²) in [5.41, 5.74) is -0.0744. The molecule has 0 unspecified atom stereocenters. The fourth-order valence-electron chi connectivity index (χ4n) is 2.17. The lowest BCUT2D eigenvalue weighted by Gasteiger charge is -2.16. The Hall–Kier alpha value is -2.38. The normalized spacial score (nSPS) is 17.9. The number of nitro groups is 1. The van der Waals surface area contributed by atoms with Crippen LogP contribution in [0.2, 0.25) is 0 Å². The molecule has 0 radical (unpaired) electrons. The summed E-state index contributed by atoms with van der Waals surface area (Å²) in [6, 6.07) is 3.23. The number of amides is 1. The molecule has 1 fully saturated rings. The molecule has 1 N–H and O–H groups in total. The molecule has 1 aromatic carbocycles. The third-order valence-corrected chi connectivity index (χ3v) is 3.14. The van der Waals surface area contributed by atoms with Gasteiger partial charge in [-0.1, -0.05) is 0 Å². The molecular formula is C12H14FN3O4. The summed E-state index contributed by atoms with van der Waals surface area (Å²) in [5, 5.41) is 13.9. The number of nitrogens with zero attached hydrogens (tertiary/aromatic N) is 2. The number of rotatable bonds is 3. The molecule has 1 aliphatic rings. The maximum atomic E-state index is 13.0. The summed E-state index contributed by atoms with van der Waals surface area (Å²) >= 11 is 0. The summed E-state index contributed by atoms with van der Waals surface area (Å²) in [5.74, 6) is -0.662. The van der Waals surface area contributed by atoms with Crippen LogP contribution in [0, 0.1) is 15.9 Å². The number of anilines is 1. The maximum absolute atomic E-state index is 13.0. The number of methoxy groups -OCH3 is 1. The van der Waals surface area contributed by atoms with Gasteiger partial charge in [0, 0.05) is 19.1 Å². The molecule has 1 aliphatic heterocycles. The second-order valence-electron chi connectivity index (χ2n) is 4.46. The first-order valence-corrected chi connectivity index (χ1v) is 6.04. The van der Waals surface area contributed by atoms with Gasteiger partial charge in [0.25, 0.3) is 5.69 Å². The minimum atomic E-state index is -0.662. The van der Waals surface area contributed by atoms with Gasteiger partial charge in [-0.25, -0.2) is 9.18 Å². The Morgan fingerprint density at radius 2 is 2.35 bits per heavy atom. The van der Waals surface area contributed by atoms with E-state index in [-0.39, 0.29) is 17.4 Å². The topological polar surface area (TPSA) is 84.7 Å². The van der Waals surface area contributed by atoms with Crippen molar-refractivity contribution >= 4 is 17.5 Å². The average Bonchev–Trinajstić information content (AvgIpc) is 2.88. The third kappa shape index (κ3) is 2.95. The van der Waals surface area contributed by atoms with Crippen LogP contribution in [-0.2, 0) is 4.74 Å². The lowest BCUT2D eigenvalue weighted by atomic mass is 10.2. The Morgan fingerprint density at radius 3 is 3.00 bits per heavy atom. The number of likely N-dealkylation sites (tertiary alicyclic amines) is 1. The summed E-state index contributed by atoms with van der Waals surface area (Å²) in [7, 11) is 1.30. The SMILES string of the molecule is COC(=O)N1CC[C@H](Nc2ccc(F)cc2[N+](=O)[O-])C1. The molecule has 2 rings (SSSR count). The smallest absolute Gasteiger partial charge is 0.409 e. The first-order valence-electron chi connectivity index (χ1n) is 6.04. The highest BCUT2D eigenvalue weighted by molar-refractivity contribution is 5.68. The van der Waals surface area contributed by atoms with Crippen molar-refractivity contribution in [3.8, 4) is 0 Å². The van der Waals surface area contributed by atoms with Crippen LogP contribution in [0.1, 0.15) is 6.42 Å². The zero-order chi connectivity index (χ0) is 14.7. The van der Waals surface area contributed by atoms with E-state index in [1.54, 1.807) is 0 Å². The van der Waals surface area contributed by atoms with Crippen molar-refractivity contribution in [1.82, 2.24) is 4.90 Å². The Balaban J connectivity index is 2.08. The van der Waals surface area contributed by atoms with Crippen molar-refractivity contribution < 1.29 is 18.8 Å². The fourth-order valence-corrected chi connectivity index (χ4v) is 2.17. The van der Waals surface area contributed by atoms with Gasteiger partial charge in [0.2, 0.25) is 0 Å². The number of carbonyl (C=O) groups is 1. The molecule has 7 nitrogen and oxygen atoms in total. The van der Waals surface area contributed by atoms with Crippen LogP contribution in [0.25, 0.3) is 0 Å². The van der Waals surface area contributed by atoms with Crippen LogP contribution in [0.5, 0.6) is 0 Å². The number of carbonyl (C=O) groups excluding carboxylic acids is 1. The third-order valence-electron chi connectivity index (χ3n) is 3.14. The number of ether oxygens (including phenoxy) is 1. The van der Waals surface area contributed by atoms with E-state index in [1.807, 2.05) is 0 Å².